The Bertz CT molecular complexity index is 258. The number of carbonyl (C=O) groups is 1. The maximum atomic E-state index is 10.3. The molecule has 56 valence electrons. The predicted octanol–water partition coefficient (Wildman–Crippen LogP) is 0.280. The average molecular weight is 148 g/mol. The number of ether oxygens (including phenoxy) is 1. The second kappa shape index (κ2) is 0.838. The number of hydrogen-bond acceptors (Lipinski definition) is 2. The lowest BCUT2D eigenvalue weighted by molar-refractivity contribution is -0.617. The van der Waals surface area contributed by atoms with E-state index in [0.29, 0.717) is 6.47 Å². The fourth-order valence-corrected chi connectivity index (χ4v) is 5.64. The van der Waals surface area contributed by atoms with Crippen LogP contribution in [0.3, 0.4) is 0 Å². The molecule has 0 amide bonds. The Morgan fingerprint density at radius 3 is 2.00 bits per heavy atom. The molecular weight excluding hydrogens is 140 g/mol. The van der Waals surface area contributed by atoms with Crippen molar-refractivity contribution in [2.45, 2.75) is 5.60 Å². The van der Waals surface area contributed by atoms with Crippen LogP contribution in [0, 0.1) is 41.4 Å². The summed E-state index contributed by atoms with van der Waals surface area (Å²) < 4.78 is 5.26. The van der Waals surface area contributed by atoms with Crippen molar-refractivity contribution in [2.24, 2.45) is 41.4 Å². The molecular formula is C9H8O2. The molecule has 0 unspecified atom stereocenters. The summed E-state index contributed by atoms with van der Waals surface area (Å²) in [5, 5.41) is 0. The van der Waals surface area contributed by atoms with Gasteiger partial charge in [0.05, 0.1) is 0 Å². The molecule has 2 nitrogen and oxygen atoms in total. The van der Waals surface area contributed by atoms with E-state index >= 15 is 0 Å². The van der Waals surface area contributed by atoms with Gasteiger partial charge in [-0.25, -0.2) is 0 Å². The quantitative estimate of drug-likeness (QED) is 0.526. The lowest BCUT2D eigenvalue weighted by Gasteiger charge is -3.05. The largest absolute Gasteiger partial charge is 0.460 e. The van der Waals surface area contributed by atoms with Crippen LogP contribution in [0.25, 0.3) is 0 Å². The SMILES string of the molecule is O=COC12C3C4C5C3C1C5C42. The van der Waals surface area contributed by atoms with E-state index in [0.717, 1.165) is 41.4 Å². The third kappa shape index (κ3) is 0.160. The molecule has 0 saturated heterocycles. The van der Waals surface area contributed by atoms with Gasteiger partial charge in [-0.2, -0.15) is 0 Å². The third-order valence-electron chi connectivity index (χ3n) is 5.64. The van der Waals surface area contributed by atoms with Gasteiger partial charge in [-0.15, -0.1) is 0 Å². The first kappa shape index (κ1) is 4.48. The second-order valence-electron chi connectivity index (χ2n) is 4.95. The van der Waals surface area contributed by atoms with Gasteiger partial charge in [0.15, 0.2) is 0 Å². The molecule has 6 aliphatic carbocycles. The first-order valence-corrected chi connectivity index (χ1v) is 4.54. The summed E-state index contributed by atoms with van der Waals surface area (Å²) in [6, 6.07) is 0. The first-order chi connectivity index (χ1) is 5.43. The Morgan fingerprint density at radius 2 is 1.55 bits per heavy atom. The Hall–Kier alpha value is -0.530. The Morgan fingerprint density at radius 1 is 1.00 bits per heavy atom. The summed E-state index contributed by atoms with van der Waals surface area (Å²) in [5.41, 5.74) is 0.149. The minimum atomic E-state index is 0.149. The van der Waals surface area contributed by atoms with E-state index in [2.05, 4.69) is 0 Å². The molecule has 6 fully saturated rings. The van der Waals surface area contributed by atoms with Gasteiger partial charge in [-0.1, -0.05) is 0 Å². The maximum absolute atomic E-state index is 10.3. The highest BCUT2D eigenvalue weighted by atomic mass is 16.5. The van der Waals surface area contributed by atoms with E-state index < -0.39 is 0 Å². The first-order valence-electron chi connectivity index (χ1n) is 4.54. The Labute approximate surface area is 63.9 Å². The molecule has 6 saturated carbocycles. The van der Waals surface area contributed by atoms with E-state index in [1.165, 1.54) is 0 Å². The molecule has 0 radical (unpaired) electrons. The van der Waals surface area contributed by atoms with E-state index in [9.17, 15) is 4.79 Å². The van der Waals surface area contributed by atoms with Crippen LogP contribution in [0.1, 0.15) is 0 Å². The molecule has 0 atom stereocenters. The summed E-state index contributed by atoms with van der Waals surface area (Å²) in [4.78, 5) is 10.3. The molecule has 0 N–H and O–H groups in total. The van der Waals surface area contributed by atoms with Gasteiger partial charge in [-0.05, 0) is 23.7 Å². The molecule has 0 aromatic rings. The van der Waals surface area contributed by atoms with Crippen LogP contribution in [0.15, 0.2) is 0 Å². The van der Waals surface area contributed by atoms with Crippen molar-refractivity contribution in [1.82, 2.24) is 0 Å². The minimum Gasteiger partial charge on any atom is -0.460 e. The Balaban J connectivity index is 1.68. The lowest BCUT2D eigenvalue weighted by atomic mass is 8.99. The Kier molecular flexibility index (Phi) is 0.342. The minimum absolute atomic E-state index is 0.149. The van der Waals surface area contributed by atoms with Gasteiger partial charge in [0.1, 0.15) is 5.60 Å². The molecule has 0 aromatic carbocycles. The van der Waals surface area contributed by atoms with E-state index in [-0.39, 0.29) is 5.60 Å². The van der Waals surface area contributed by atoms with Gasteiger partial charge in [-0.3, -0.25) is 4.79 Å². The average Bonchev–Trinajstić information content (AvgIpc) is 2.06. The third-order valence-corrected chi connectivity index (χ3v) is 5.64. The standard InChI is InChI=1S/C9H8O2/c10-1-11-9-6-3-2-4(6)8(9)5(2)7(3)9/h1-8H. The highest BCUT2D eigenvalue weighted by Crippen LogP contribution is 3.03. The van der Waals surface area contributed by atoms with Crippen LogP contribution in [0.4, 0.5) is 0 Å². The summed E-state index contributed by atoms with van der Waals surface area (Å²) in [6.45, 7) is 0.682. The lowest BCUT2D eigenvalue weighted by Crippen LogP contribution is -3.09. The summed E-state index contributed by atoms with van der Waals surface area (Å²) in [7, 11) is 0. The molecule has 6 aliphatic rings. The van der Waals surface area contributed by atoms with Crippen molar-refractivity contribution in [1.29, 1.82) is 0 Å². The van der Waals surface area contributed by atoms with E-state index in [4.69, 9.17) is 4.74 Å². The fraction of sp³-hybridized carbons (Fsp3) is 0.889. The van der Waals surface area contributed by atoms with Crippen LogP contribution in [0.2, 0.25) is 0 Å². The zero-order valence-corrected chi connectivity index (χ0v) is 5.94. The van der Waals surface area contributed by atoms with E-state index in [1.54, 1.807) is 0 Å². The van der Waals surface area contributed by atoms with Gasteiger partial charge >= 0.3 is 0 Å². The highest BCUT2D eigenvalue weighted by Gasteiger charge is 3.06. The highest BCUT2D eigenvalue weighted by molar-refractivity contribution is 5.56. The van der Waals surface area contributed by atoms with Crippen molar-refractivity contribution in [3.05, 3.63) is 0 Å². The van der Waals surface area contributed by atoms with Crippen molar-refractivity contribution in [2.75, 3.05) is 0 Å². The van der Waals surface area contributed by atoms with Gasteiger partial charge in [0.2, 0.25) is 0 Å². The van der Waals surface area contributed by atoms with Gasteiger partial charge in [0, 0.05) is 17.8 Å². The molecule has 2 heteroatoms. The second-order valence-corrected chi connectivity index (χ2v) is 4.95. The molecule has 0 bridgehead atoms. The van der Waals surface area contributed by atoms with Crippen LogP contribution < -0.4 is 0 Å². The maximum Gasteiger partial charge on any atom is 0.293 e. The number of hydrogen-bond donors (Lipinski definition) is 0. The smallest absolute Gasteiger partial charge is 0.293 e. The van der Waals surface area contributed by atoms with Crippen molar-refractivity contribution in [3.8, 4) is 0 Å². The van der Waals surface area contributed by atoms with Crippen molar-refractivity contribution < 1.29 is 9.53 Å². The normalized spacial score (nSPS) is 87.8. The molecule has 0 heterocycles. The van der Waals surface area contributed by atoms with Gasteiger partial charge in [0.25, 0.3) is 6.47 Å². The van der Waals surface area contributed by atoms with Crippen LogP contribution in [-0.2, 0) is 9.53 Å². The van der Waals surface area contributed by atoms with Crippen LogP contribution in [0.5, 0.6) is 0 Å². The zero-order valence-electron chi connectivity index (χ0n) is 5.94. The molecule has 0 aliphatic heterocycles. The van der Waals surface area contributed by atoms with Crippen LogP contribution in [-0.4, -0.2) is 12.1 Å². The molecule has 11 heavy (non-hydrogen) atoms. The number of rotatable bonds is 2. The molecule has 0 spiro atoms. The molecule has 6 rings (SSSR count). The predicted molar refractivity (Wildman–Crippen MR) is 34.3 cm³/mol. The molecule has 0 aromatic heterocycles. The summed E-state index contributed by atoms with van der Waals surface area (Å²) >= 11 is 0. The number of carbonyl (C=O) groups excluding carboxylic acids is 1. The fourth-order valence-electron chi connectivity index (χ4n) is 5.64. The van der Waals surface area contributed by atoms with Crippen molar-refractivity contribution in [3.63, 3.8) is 0 Å². The zero-order chi connectivity index (χ0) is 6.96. The summed E-state index contributed by atoms with van der Waals surface area (Å²) in [6.07, 6.45) is 0. The topological polar surface area (TPSA) is 26.3 Å². The van der Waals surface area contributed by atoms with Crippen molar-refractivity contribution >= 4 is 6.47 Å². The summed E-state index contributed by atoms with van der Waals surface area (Å²) in [5.74, 6) is 6.72. The van der Waals surface area contributed by atoms with Gasteiger partial charge < -0.3 is 4.74 Å². The van der Waals surface area contributed by atoms with E-state index in [1.807, 2.05) is 0 Å². The monoisotopic (exact) mass is 148 g/mol. The van der Waals surface area contributed by atoms with Crippen LogP contribution >= 0.6 is 0 Å².